The van der Waals surface area contributed by atoms with Crippen LogP contribution < -0.4 is 5.32 Å². The summed E-state index contributed by atoms with van der Waals surface area (Å²) >= 11 is 0. The third-order valence-corrected chi connectivity index (χ3v) is 4.71. The molecule has 6 nitrogen and oxygen atoms in total. The highest BCUT2D eigenvalue weighted by molar-refractivity contribution is 5.79. The lowest BCUT2D eigenvalue weighted by molar-refractivity contribution is -0.122. The molecule has 1 aromatic carbocycles. The number of carbonyl (C=O) groups is 1. The smallest absolute Gasteiger partial charge is 0.252 e. The molecule has 2 heterocycles. The summed E-state index contributed by atoms with van der Waals surface area (Å²) in [5, 5.41) is 7.42. The highest BCUT2D eigenvalue weighted by atomic mass is 19.1. The van der Waals surface area contributed by atoms with Gasteiger partial charge in [-0.25, -0.2) is 13.9 Å². The minimum Gasteiger partial charge on any atom is -0.346 e. The molecule has 0 aliphatic heterocycles. The Morgan fingerprint density at radius 2 is 2.00 bits per heavy atom. The number of amides is 1. The van der Waals surface area contributed by atoms with Gasteiger partial charge < -0.3 is 5.32 Å². The molecule has 0 saturated heterocycles. The number of benzene rings is 1. The van der Waals surface area contributed by atoms with Crippen LogP contribution in [0.15, 0.2) is 42.7 Å². The van der Waals surface area contributed by atoms with Crippen molar-refractivity contribution in [2.24, 2.45) is 0 Å². The van der Waals surface area contributed by atoms with Gasteiger partial charge in [0.05, 0.1) is 12.0 Å². The molecule has 25 heavy (non-hydrogen) atoms. The molecule has 1 aliphatic rings. The summed E-state index contributed by atoms with van der Waals surface area (Å²) in [6.07, 6.45) is 7.24. The Morgan fingerprint density at radius 3 is 2.72 bits per heavy atom. The number of hydrogen-bond donors (Lipinski definition) is 1. The average Bonchev–Trinajstić information content (AvgIpc) is 3.22. The molecule has 0 bridgehead atoms. The fraction of sp³-hybridized carbons (Fsp3) is 0.333. The van der Waals surface area contributed by atoms with Crippen molar-refractivity contribution in [3.8, 4) is 0 Å². The van der Waals surface area contributed by atoms with Gasteiger partial charge in [-0.2, -0.15) is 4.98 Å². The lowest BCUT2D eigenvalue weighted by Gasteiger charge is -2.31. The van der Waals surface area contributed by atoms with Gasteiger partial charge in [0.25, 0.3) is 5.78 Å². The standard InChI is InChI=1S/C18H18FN5O/c19-14-6-4-13(5-7-14)18(8-1-2-9-18)22-16(25)12-15-21-17-20-10-3-11-24(17)23-15/h3-7,10-11H,1-2,8-9,12H2,(H,22,25). The molecule has 3 aromatic rings. The molecule has 0 radical (unpaired) electrons. The van der Waals surface area contributed by atoms with Gasteiger partial charge in [0, 0.05) is 12.4 Å². The van der Waals surface area contributed by atoms with Gasteiger partial charge in [0.15, 0.2) is 5.82 Å². The number of halogens is 1. The summed E-state index contributed by atoms with van der Waals surface area (Å²) in [5.74, 6) is 0.495. The zero-order valence-corrected chi connectivity index (χ0v) is 13.7. The van der Waals surface area contributed by atoms with Gasteiger partial charge in [0.1, 0.15) is 5.82 Å². The van der Waals surface area contributed by atoms with Gasteiger partial charge in [-0.3, -0.25) is 4.79 Å². The third kappa shape index (κ3) is 3.09. The molecule has 1 N–H and O–H groups in total. The van der Waals surface area contributed by atoms with Gasteiger partial charge in [-0.05, 0) is 36.6 Å². The van der Waals surface area contributed by atoms with Crippen molar-refractivity contribution in [1.82, 2.24) is 24.9 Å². The van der Waals surface area contributed by atoms with Crippen LogP contribution in [0.1, 0.15) is 37.1 Å². The van der Waals surface area contributed by atoms with Crippen LogP contribution in [0.4, 0.5) is 4.39 Å². The topological polar surface area (TPSA) is 72.2 Å². The maximum absolute atomic E-state index is 13.2. The van der Waals surface area contributed by atoms with Crippen LogP contribution in [0.25, 0.3) is 5.78 Å². The van der Waals surface area contributed by atoms with Gasteiger partial charge >= 0.3 is 0 Å². The molecule has 2 aromatic heterocycles. The minimum atomic E-state index is -0.428. The number of fused-ring (bicyclic) bond motifs is 1. The van der Waals surface area contributed by atoms with Crippen LogP contribution >= 0.6 is 0 Å². The summed E-state index contributed by atoms with van der Waals surface area (Å²) in [7, 11) is 0. The van der Waals surface area contributed by atoms with E-state index in [0.29, 0.717) is 11.6 Å². The summed E-state index contributed by atoms with van der Waals surface area (Å²) in [6.45, 7) is 0. The third-order valence-electron chi connectivity index (χ3n) is 4.71. The number of carbonyl (C=O) groups excluding carboxylic acids is 1. The summed E-state index contributed by atoms with van der Waals surface area (Å²) in [6, 6.07) is 8.16. The van der Waals surface area contributed by atoms with E-state index in [1.54, 1.807) is 35.1 Å². The van der Waals surface area contributed by atoms with Crippen molar-refractivity contribution in [3.05, 3.63) is 59.9 Å². The molecule has 1 fully saturated rings. The lowest BCUT2D eigenvalue weighted by Crippen LogP contribution is -2.44. The van der Waals surface area contributed by atoms with Crippen molar-refractivity contribution < 1.29 is 9.18 Å². The maximum atomic E-state index is 13.2. The first kappa shape index (κ1) is 15.7. The van der Waals surface area contributed by atoms with E-state index in [9.17, 15) is 9.18 Å². The highest BCUT2D eigenvalue weighted by Gasteiger charge is 2.37. The van der Waals surface area contributed by atoms with E-state index < -0.39 is 5.54 Å². The van der Waals surface area contributed by atoms with E-state index in [0.717, 1.165) is 31.2 Å². The monoisotopic (exact) mass is 339 g/mol. The zero-order valence-electron chi connectivity index (χ0n) is 13.7. The van der Waals surface area contributed by atoms with Crippen molar-refractivity contribution in [3.63, 3.8) is 0 Å². The Hall–Kier alpha value is -2.83. The summed E-state index contributed by atoms with van der Waals surface area (Å²) in [5.41, 5.74) is 0.520. The molecule has 1 aliphatic carbocycles. The highest BCUT2D eigenvalue weighted by Crippen LogP contribution is 2.38. The SMILES string of the molecule is O=C(Cc1nc2ncccn2n1)NC1(c2ccc(F)cc2)CCCC1. The van der Waals surface area contributed by atoms with Crippen LogP contribution in [0, 0.1) is 5.82 Å². The first-order chi connectivity index (χ1) is 12.1. The Morgan fingerprint density at radius 1 is 1.24 bits per heavy atom. The van der Waals surface area contributed by atoms with E-state index in [2.05, 4.69) is 20.4 Å². The van der Waals surface area contributed by atoms with E-state index in [1.165, 1.54) is 12.1 Å². The minimum absolute atomic E-state index is 0.0896. The fourth-order valence-corrected chi connectivity index (χ4v) is 3.54. The van der Waals surface area contributed by atoms with Crippen molar-refractivity contribution >= 4 is 11.7 Å². The maximum Gasteiger partial charge on any atom is 0.252 e. The first-order valence-electron chi connectivity index (χ1n) is 8.38. The van der Waals surface area contributed by atoms with Gasteiger partial charge in [-0.1, -0.05) is 25.0 Å². The Kier molecular flexibility index (Phi) is 3.91. The normalized spacial score (nSPS) is 16.2. The molecule has 1 amide bonds. The second-order valence-corrected chi connectivity index (χ2v) is 6.41. The van der Waals surface area contributed by atoms with E-state index in [1.807, 2.05) is 0 Å². The molecule has 128 valence electrons. The largest absolute Gasteiger partial charge is 0.346 e. The second-order valence-electron chi connectivity index (χ2n) is 6.41. The number of hydrogen-bond acceptors (Lipinski definition) is 4. The van der Waals surface area contributed by atoms with E-state index >= 15 is 0 Å². The Bertz CT molecular complexity index is 866. The molecule has 4 rings (SSSR count). The van der Waals surface area contributed by atoms with Crippen LogP contribution in [-0.2, 0) is 16.8 Å². The van der Waals surface area contributed by atoms with Gasteiger partial charge in [-0.15, -0.1) is 5.10 Å². The van der Waals surface area contributed by atoms with Crippen LogP contribution in [0.5, 0.6) is 0 Å². The van der Waals surface area contributed by atoms with Crippen LogP contribution in [0.3, 0.4) is 0 Å². The summed E-state index contributed by atoms with van der Waals surface area (Å²) in [4.78, 5) is 21.0. The number of nitrogens with zero attached hydrogens (tertiary/aromatic N) is 4. The van der Waals surface area contributed by atoms with Crippen molar-refractivity contribution in [2.45, 2.75) is 37.6 Å². The van der Waals surface area contributed by atoms with E-state index in [-0.39, 0.29) is 18.1 Å². The number of aromatic nitrogens is 4. The molecular weight excluding hydrogens is 321 g/mol. The molecule has 0 unspecified atom stereocenters. The van der Waals surface area contributed by atoms with Gasteiger partial charge in [0.2, 0.25) is 5.91 Å². The Balaban J connectivity index is 1.53. The quantitative estimate of drug-likeness (QED) is 0.792. The fourth-order valence-electron chi connectivity index (χ4n) is 3.54. The predicted octanol–water partition coefficient (Wildman–Crippen LogP) is 2.39. The van der Waals surface area contributed by atoms with Crippen LogP contribution in [-0.4, -0.2) is 25.5 Å². The lowest BCUT2D eigenvalue weighted by atomic mass is 9.88. The molecule has 0 spiro atoms. The van der Waals surface area contributed by atoms with E-state index in [4.69, 9.17) is 0 Å². The van der Waals surface area contributed by atoms with Crippen molar-refractivity contribution in [2.75, 3.05) is 0 Å². The second kappa shape index (κ2) is 6.23. The number of rotatable bonds is 4. The first-order valence-corrected chi connectivity index (χ1v) is 8.38. The summed E-state index contributed by atoms with van der Waals surface area (Å²) < 4.78 is 14.8. The van der Waals surface area contributed by atoms with Crippen molar-refractivity contribution in [1.29, 1.82) is 0 Å². The molecule has 1 saturated carbocycles. The molecule has 0 atom stereocenters. The molecular formula is C18H18FN5O. The average molecular weight is 339 g/mol. The van der Waals surface area contributed by atoms with Crippen LogP contribution in [0.2, 0.25) is 0 Å². The Labute approximate surface area is 144 Å². The molecule has 7 heteroatoms. The number of nitrogens with one attached hydrogen (secondary N) is 1. The zero-order chi connectivity index (χ0) is 17.3. The predicted molar refractivity (Wildman–Crippen MR) is 89.2 cm³/mol.